The first-order valence-corrected chi connectivity index (χ1v) is 8.69. The lowest BCUT2D eigenvalue weighted by molar-refractivity contribution is 0.102. The molecule has 1 N–H and O–H groups in total. The quantitative estimate of drug-likeness (QED) is 0.741. The van der Waals surface area contributed by atoms with E-state index in [-0.39, 0.29) is 5.91 Å². The molecule has 2 aromatic carbocycles. The summed E-state index contributed by atoms with van der Waals surface area (Å²) < 4.78 is 16.4. The minimum Gasteiger partial charge on any atom is -0.495 e. The molecule has 0 radical (unpaired) electrons. The lowest BCUT2D eigenvalue weighted by atomic mass is 10.1. The standard InChI is InChI=1S/C20H24ClNO4/c1-12(2)11-26-17-7-6-14(9-19(17)25-5)20(23)22-16-8-13(3)15(21)10-18(16)24-4/h6-10,12H,11H2,1-5H3,(H,22,23). The summed E-state index contributed by atoms with van der Waals surface area (Å²) in [4.78, 5) is 12.6. The number of benzene rings is 2. The number of ether oxygens (including phenoxy) is 3. The van der Waals surface area contributed by atoms with Crippen LogP contribution >= 0.6 is 11.6 Å². The number of anilines is 1. The number of amides is 1. The third-order valence-corrected chi connectivity index (χ3v) is 4.13. The Morgan fingerprint density at radius 3 is 2.38 bits per heavy atom. The van der Waals surface area contributed by atoms with Crippen LogP contribution in [0.25, 0.3) is 0 Å². The van der Waals surface area contributed by atoms with Gasteiger partial charge in [-0.25, -0.2) is 0 Å². The van der Waals surface area contributed by atoms with Crippen molar-refractivity contribution in [3.05, 3.63) is 46.5 Å². The monoisotopic (exact) mass is 377 g/mol. The van der Waals surface area contributed by atoms with E-state index in [1.807, 2.05) is 6.92 Å². The molecule has 0 aliphatic heterocycles. The first-order valence-electron chi connectivity index (χ1n) is 8.32. The van der Waals surface area contributed by atoms with Crippen LogP contribution in [-0.2, 0) is 0 Å². The second-order valence-electron chi connectivity index (χ2n) is 6.33. The molecular weight excluding hydrogens is 354 g/mol. The molecule has 26 heavy (non-hydrogen) atoms. The zero-order chi connectivity index (χ0) is 19.3. The highest BCUT2D eigenvalue weighted by molar-refractivity contribution is 6.31. The maximum atomic E-state index is 12.6. The van der Waals surface area contributed by atoms with Crippen molar-refractivity contribution in [1.82, 2.24) is 0 Å². The van der Waals surface area contributed by atoms with Gasteiger partial charge < -0.3 is 19.5 Å². The van der Waals surface area contributed by atoms with Crippen LogP contribution in [0, 0.1) is 12.8 Å². The van der Waals surface area contributed by atoms with Gasteiger partial charge in [0.2, 0.25) is 0 Å². The van der Waals surface area contributed by atoms with Crippen molar-refractivity contribution in [3.63, 3.8) is 0 Å². The van der Waals surface area contributed by atoms with Gasteiger partial charge in [-0.15, -0.1) is 0 Å². The Kier molecular flexibility index (Phi) is 6.75. The summed E-state index contributed by atoms with van der Waals surface area (Å²) in [6.07, 6.45) is 0. The molecule has 0 aliphatic rings. The third kappa shape index (κ3) is 4.82. The van der Waals surface area contributed by atoms with Crippen molar-refractivity contribution in [2.45, 2.75) is 20.8 Å². The Bertz CT molecular complexity index is 790. The van der Waals surface area contributed by atoms with E-state index in [0.717, 1.165) is 5.56 Å². The molecule has 6 heteroatoms. The fourth-order valence-electron chi connectivity index (χ4n) is 2.31. The van der Waals surface area contributed by atoms with Crippen LogP contribution in [0.4, 0.5) is 5.69 Å². The van der Waals surface area contributed by atoms with E-state index in [4.69, 9.17) is 25.8 Å². The Hall–Kier alpha value is -2.40. The molecule has 0 heterocycles. The maximum absolute atomic E-state index is 12.6. The van der Waals surface area contributed by atoms with Crippen LogP contribution in [-0.4, -0.2) is 26.7 Å². The van der Waals surface area contributed by atoms with E-state index < -0.39 is 0 Å². The summed E-state index contributed by atoms with van der Waals surface area (Å²) in [6.45, 7) is 6.57. The SMILES string of the molecule is COc1cc(Cl)c(C)cc1NC(=O)c1ccc(OCC(C)C)c(OC)c1. The number of methoxy groups -OCH3 is 2. The zero-order valence-electron chi connectivity index (χ0n) is 15.7. The van der Waals surface area contributed by atoms with Gasteiger partial charge in [-0.1, -0.05) is 25.4 Å². The maximum Gasteiger partial charge on any atom is 0.255 e. The second-order valence-corrected chi connectivity index (χ2v) is 6.73. The number of rotatable bonds is 7. The van der Waals surface area contributed by atoms with Gasteiger partial charge in [0, 0.05) is 16.7 Å². The number of aryl methyl sites for hydroxylation is 1. The van der Waals surface area contributed by atoms with E-state index in [0.29, 0.717) is 46.0 Å². The van der Waals surface area contributed by atoms with Gasteiger partial charge in [0.25, 0.3) is 5.91 Å². The lowest BCUT2D eigenvalue weighted by Crippen LogP contribution is -2.13. The number of hydrogen-bond acceptors (Lipinski definition) is 4. The predicted molar refractivity (Wildman–Crippen MR) is 104 cm³/mol. The lowest BCUT2D eigenvalue weighted by Gasteiger charge is -2.15. The molecule has 0 atom stereocenters. The van der Waals surface area contributed by atoms with Crippen molar-refractivity contribution in [3.8, 4) is 17.2 Å². The molecule has 5 nitrogen and oxygen atoms in total. The third-order valence-electron chi connectivity index (χ3n) is 3.73. The van der Waals surface area contributed by atoms with Crippen LogP contribution < -0.4 is 19.5 Å². The number of carbonyl (C=O) groups is 1. The molecule has 0 saturated heterocycles. The minimum absolute atomic E-state index is 0.279. The van der Waals surface area contributed by atoms with Crippen molar-refractivity contribution >= 4 is 23.2 Å². The molecule has 1 amide bonds. The molecule has 0 aromatic heterocycles. The van der Waals surface area contributed by atoms with Crippen LogP contribution in [0.3, 0.4) is 0 Å². The fourth-order valence-corrected chi connectivity index (χ4v) is 2.46. The summed E-state index contributed by atoms with van der Waals surface area (Å²) in [5, 5.41) is 3.42. The molecule has 140 valence electrons. The topological polar surface area (TPSA) is 56.8 Å². The average Bonchev–Trinajstić information content (AvgIpc) is 2.62. The highest BCUT2D eigenvalue weighted by Crippen LogP contribution is 2.32. The Morgan fingerprint density at radius 1 is 1.08 bits per heavy atom. The summed E-state index contributed by atoms with van der Waals surface area (Å²) in [5.41, 5.74) is 1.85. The molecule has 0 spiro atoms. The normalized spacial score (nSPS) is 10.6. The number of carbonyl (C=O) groups excluding carboxylic acids is 1. The molecule has 0 bridgehead atoms. The highest BCUT2D eigenvalue weighted by atomic mass is 35.5. The molecule has 0 aliphatic carbocycles. The first kappa shape index (κ1) is 19.9. The number of halogens is 1. The molecule has 0 unspecified atom stereocenters. The van der Waals surface area contributed by atoms with Crippen molar-refractivity contribution in [2.24, 2.45) is 5.92 Å². The van der Waals surface area contributed by atoms with E-state index in [1.165, 1.54) is 7.11 Å². The Labute approximate surface area is 159 Å². The fraction of sp³-hybridized carbons (Fsp3) is 0.350. The average molecular weight is 378 g/mol. The smallest absolute Gasteiger partial charge is 0.255 e. The largest absolute Gasteiger partial charge is 0.495 e. The summed E-state index contributed by atoms with van der Waals surface area (Å²) in [5.74, 6) is 1.73. The number of nitrogens with one attached hydrogen (secondary N) is 1. The van der Waals surface area contributed by atoms with E-state index >= 15 is 0 Å². The van der Waals surface area contributed by atoms with Crippen LogP contribution in [0.15, 0.2) is 30.3 Å². The van der Waals surface area contributed by atoms with E-state index in [1.54, 1.807) is 37.4 Å². The first-order chi connectivity index (χ1) is 12.3. The zero-order valence-corrected chi connectivity index (χ0v) is 16.4. The van der Waals surface area contributed by atoms with E-state index in [2.05, 4.69) is 19.2 Å². The predicted octanol–water partition coefficient (Wildman–Crippen LogP) is 4.95. The van der Waals surface area contributed by atoms with Crippen molar-refractivity contribution < 1.29 is 19.0 Å². The minimum atomic E-state index is -0.279. The van der Waals surface area contributed by atoms with Crippen LogP contribution in [0.1, 0.15) is 29.8 Å². The van der Waals surface area contributed by atoms with Gasteiger partial charge >= 0.3 is 0 Å². The molecule has 0 saturated carbocycles. The van der Waals surface area contributed by atoms with Crippen LogP contribution in [0.5, 0.6) is 17.2 Å². The van der Waals surface area contributed by atoms with Crippen LogP contribution in [0.2, 0.25) is 5.02 Å². The van der Waals surface area contributed by atoms with Gasteiger partial charge in [-0.3, -0.25) is 4.79 Å². The molecular formula is C20H24ClNO4. The highest BCUT2D eigenvalue weighted by Gasteiger charge is 2.15. The Balaban J connectivity index is 2.23. The van der Waals surface area contributed by atoms with E-state index in [9.17, 15) is 4.79 Å². The summed E-state index contributed by atoms with van der Waals surface area (Å²) in [6, 6.07) is 8.54. The van der Waals surface area contributed by atoms with Gasteiger partial charge in [-0.05, 0) is 42.7 Å². The second kappa shape index (κ2) is 8.81. The van der Waals surface area contributed by atoms with Gasteiger partial charge in [0.15, 0.2) is 11.5 Å². The van der Waals surface area contributed by atoms with Gasteiger partial charge in [0.05, 0.1) is 26.5 Å². The van der Waals surface area contributed by atoms with Crippen molar-refractivity contribution in [1.29, 1.82) is 0 Å². The van der Waals surface area contributed by atoms with Gasteiger partial charge in [-0.2, -0.15) is 0 Å². The summed E-state index contributed by atoms with van der Waals surface area (Å²) in [7, 11) is 3.07. The Morgan fingerprint density at radius 2 is 1.77 bits per heavy atom. The summed E-state index contributed by atoms with van der Waals surface area (Å²) >= 11 is 6.10. The number of hydrogen-bond donors (Lipinski definition) is 1. The van der Waals surface area contributed by atoms with Crippen molar-refractivity contribution in [2.75, 3.05) is 26.1 Å². The molecule has 2 aromatic rings. The molecule has 2 rings (SSSR count). The van der Waals surface area contributed by atoms with Gasteiger partial charge in [0.1, 0.15) is 5.75 Å². The molecule has 0 fully saturated rings.